The molecule has 2 unspecified atom stereocenters. The Morgan fingerprint density at radius 2 is 1.97 bits per heavy atom. The van der Waals surface area contributed by atoms with E-state index < -0.39 is 28.3 Å². The monoisotopic (exact) mass is 592 g/mol. The number of aromatic nitrogens is 5. The van der Waals surface area contributed by atoms with E-state index in [4.69, 9.17) is 0 Å². The third-order valence-corrected chi connectivity index (χ3v) is 7.66. The van der Waals surface area contributed by atoms with Crippen LogP contribution in [0.3, 0.4) is 0 Å². The van der Waals surface area contributed by atoms with E-state index in [9.17, 15) is 27.7 Å². The molecule has 4 aromatic heterocycles. The second kappa shape index (κ2) is 11.0. The maximum Gasteiger partial charge on any atom is 0.391 e. The van der Waals surface area contributed by atoms with E-state index in [2.05, 4.69) is 41.9 Å². The fraction of sp³-hybridized carbons (Fsp3) is 0.292. The van der Waals surface area contributed by atoms with E-state index in [0.29, 0.717) is 38.3 Å². The van der Waals surface area contributed by atoms with Gasteiger partial charge in [0.25, 0.3) is 0 Å². The molecule has 13 heteroatoms. The molecule has 0 aliphatic carbocycles. The first-order valence-electron chi connectivity index (χ1n) is 11.1. The minimum atomic E-state index is -4.30. The van der Waals surface area contributed by atoms with Gasteiger partial charge in [0.05, 0.1) is 39.9 Å². The molecule has 0 fully saturated rings. The van der Waals surface area contributed by atoms with Crippen LogP contribution in [-0.2, 0) is 10.8 Å². The summed E-state index contributed by atoms with van der Waals surface area (Å²) in [4.78, 5) is 17.3. The van der Waals surface area contributed by atoms with Crippen molar-refractivity contribution in [3.63, 3.8) is 0 Å². The Morgan fingerprint density at radius 1 is 1.19 bits per heavy atom. The number of aliphatic hydroxyl groups excluding tert-OH is 1. The summed E-state index contributed by atoms with van der Waals surface area (Å²) in [5, 5.41) is 21.1. The fourth-order valence-corrected chi connectivity index (χ4v) is 5.22. The van der Waals surface area contributed by atoms with Gasteiger partial charge in [-0.25, -0.2) is 9.97 Å². The summed E-state index contributed by atoms with van der Waals surface area (Å²) in [7, 11) is -1.81. The molecule has 8 nitrogen and oxygen atoms in total. The molecule has 0 aromatic carbocycles. The highest BCUT2D eigenvalue weighted by atomic mass is 79.9. The van der Waals surface area contributed by atoms with Crippen LogP contribution in [0, 0.1) is 17.2 Å². The van der Waals surface area contributed by atoms with Crippen molar-refractivity contribution in [2.45, 2.75) is 31.4 Å². The summed E-state index contributed by atoms with van der Waals surface area (Å²) in [6.07, 6.45) is 3.05. The summed E-state index contributed by atoms with van der Waals surface area (Å²) in [5.41, 5.74) is 0.381. The predicted molar refractivity (Wildman–Crippen MR) is 135 cm³/mol. The summed E-state index contributed by atoms with van der Waals surface area (Å²) < 4.78 is 52.9. The van der Waals surface area contributed by atoms with Crippen molar-refractivity contribution in [3.8, 4) is 23.3 Å². The Kier molecular flexibility index (Phi) is 8.01. The maximum atomic E-state index is 12.7. The average Bonchev–Trinajstić information content (AvgIpc) is 3.21. The van der Waals surface area contributed by atoms with E-state index >= 15 is 0 Å². The zero-order chi connectivity index (χ0) is 26.7. The Morgan fingerprint density at radius 3 is 2.59 bits per heavy atom. The highest BCUT2D eigenvalue weighted by molar-refractivity contribution is 9.10. The SMILES string of the molecule is C[C@H](CCCS(=O)C(O)c1ccc(-c2c(C#N)c3cc(Br)cnc3n2-c2cnccn2)nc1)C(F)(F)F. The molecule has 0 spiro atoms. The van der Waals surface area contributed by atoms with Gasteiger partial charge >= 0.3 is 6.18 Å². The van der Waals surface area contributed by atoms with E-state index in [-0.39, 0.29) is 24.2 Å². The predicted octanol–water partition coefficient (Wildman–Crippen LogP) is 5.23. The van der Waals surface area contributed by atoms with Gasteiger partial charge in [0, 0.05) is 46.0 Å². The van der Waals surface area contributed by atoms with Crippen LogP contribution in [0.15, 0.2) is 53.7 Å². The van der Waals surface area contributed by atoms with Gasteiger partial charge in [-0.3, -0.25) is 18.7 Å². The van der Waals surface area contributed by atoms with Crippen LogP contribution in [0.5, 0.6) is 0 Å². The number of nitriles is 1. The number of hydrogen-bond donors (Lipinski definition) is 1. The van der Waals surface area contributed by atoms with Crippen molar-refractivity contribution in [2.24, 2.45) is 5.92 Å². The molecule has 4 rings (SSSR count). The molecular formula is C24H20BrF3N6O2S. The molecule has 4 heterocycles. The summed E-state index contributed by atoms with van der Waals surface area (Å²) in [6.45, 7) is 1.08. The third-order valence-electron chi connectivity index (χ3n) is 5.77. The highest BCUT2D eigenvalue weighted by Crippen LogP contribution is 2.35. The maximum absolute atomic E-state index is 12.7. The number of aliphatic hydroxyl groups is 1. The van der Waals surface area contributed by atoms with Crippen molar-refractivity contribution in [2.75, 3.05) is 5.75 Å². The molecule has 0 aliphatic heterocycles. The molecule has 0 saturated heterocycles. The van der Waals surface area contributed by atoms with Crippen LogP contribution in [0.25, 0.3) is 28.2 Å². The van der Waals surface area contributed by atoms with Gasteiger partial charge in [0.2, 0.25) is 0 Å². The van der Waals surface area contributed by atoms with Gasteiger partial charge in [-0.2, -0.15) is 18.4 Å². The van der Waals surface area contributed by atoms with Crippen LogP contribution in [-0.4, -0.2) is 45.7 Å². The summed E-state index contributed by atoms with van der Waals surface area (Å²) in [5.74, 6) is -1.17. The van der Waals surface area contributed by atoms with Crippen LogP contribution in [0.2, 0.25) is 0 Å². The lowest BCUT2D eigenvalue weighted by Gasteiger charge is -2.16. The fourth-order valence-electron chi connectivity index (χ4n) is 3.78. The number of alkyl halides is 3. The number of hydrogen-bond acceptors (Lipinski definition) is 7. The number of pyridine rings is 2. The third kappa shape index (κ3) is 5.71. The number of nitrogens with zero attached hydrogens (tertiary/aromatic N) is 6. The molecule has 0 saturated carbocycles. The van der Waals surface area contributed by atoms with Gasteiger partial charge < -0.3 is 5.11 Å². The van der Waals surface area contributed by atoms with Crippen molar-refractivity contribution in [1.29, 1.82) is 5.26 Å². The Bertz CT molecular complexity index is 1470. The Balaban J connectivity index is 1.65. The first kappa shape index (κ1) is 26.8. The van der Waals surface area contributed by atoms with Crippen LogP contribution < -0.4 is 0 Å². The molecule has 3 atom stereocenters. The van der Waals surface area contributed by atoms with Gasteiger partial charge in [-0.1, -0.05) is 13.0 Å². The molecule has 4 aromatic rings. The highest BCUT2D eigenvalue weighted by Gasteiger charge is 2.35. The van der Waals surface area contributed by atoms with Gasteiger partial charge in [-0.15, -0.1) is 0 Å². The molecule has 0 bridgehead atoms. The molecule has 0 radical (unpaired) electrons. The lowest BCUT2D eigenvalue weighted by Crippen LogP contribution is -2.20. The number of halogens is 4. The van der Waals surface area contributed by atoms with Crippen molar-refractivity contribution >= 4 is 37.8 Å². The van der Waals surface area contributed by atoms with Crippen LogP contribution in [0.4, 0.5) is 13.2 Å². The van der Waals surface area contributed by atoms with Crippen molar-refractivity contribution in [3.05, 3.63) is 64.8 Å². The number of rotatable bonds is 8. The minimum Gasteiger partial charge on any atom is -0.375 e. The van der Waals surface area contributed by atoms with Crippen LogP contribution in [0.1, 0.15) is 36.3 Å². The first-order valence-corrected chi connectivity index (χ1v) is 13.2. The van der Waals surface area contributed by atoms with Crippen molar-refractivity contribution in [1.82, 2.24) is 24.5 Å². The van der Waals surface area contributed by atoms with E-state index in [0.717, 1.165) is 6.92 Å². The van der Waals surface area contributed by atoms with Crippen molar-refractivity contribution < 1.29 is 22.5 Å². The smallest absolute Gasteiger partial charge is 0.375 e. The lowest BCUT2D eigenvalue weighted by atomic mass is 10.1. The standard InChI is InChI=1S/C24H20BrF3N6O2S/c1-14(24(26,27)28)3-2-8-37(36)23(35)15-4-5-19(32-11-15)21-18(10-29)17-9-16(25)12-33-22(17)34(21)20-13-30-6-7-31-20/h4-7,9,11-14,23,35H,2-3,8H2,1H3/t14-,23?,37?/m1/s1. The number of fused-ring (bicyclic) bond motifs is 1. The zero-order valence-corrected chi connectivity index (χ0v) is 21.8. The summed E-state index contributed by atoms with van der Waals surface area (Å²) >= 11 is 3.38. The normalized spacial score (nSPS) is 14.3. The second-order valence-electron chi connectivity index (χ2n) is 8.26. The Hall–Kier alpha value is -3.21. The molecule has 0 amide bonds. The topological polar surface area (TPSA) is 118 Å². The second-order valence-corrected chi connectivity index (χ2v) is 10.8. The van der Waals surface area contributed by atoms with Gasteiger partial charge in [0.1, 0.15) is 11.7 Å². The molecule has 37 heavy (non-hydrogen) atoms. The molecule has 0 aliphatic rings. The van der Waals surface area contributed by atoms with E-state index in [1.165, 1.54) is 30.9 Å². The lowest BCUT2D eigenvalue weighted by molar-refractivity contribution is -0.171. The first-order chi connectivity index (χ1) is 17.6. The molecule has 1 N–H and O–H groups in total. The van der Waals surface area contributed by atoms with E-state index in [1.54, 1.807) is 22.9 Å². The molecular weight excluding hydrogens is 573 g/mol. The quantitative estimate of drug-likeness (QED) is 0.297. The Labute approximate surface area is 220 Å². The summed E-state index contributed by atoms with van der Waals surface area (Å²) in [6, 6.07) is 7.06. The van der Waals surface area contributed by atoms with Gasteiger partial charge in [0.15, 0.2) is 11.3 Å². The minimum absolute atomic E-state index is 0.0577. The molecule has 192 valence electrons. The zero-order valence-electron chi connectivity index (χ0n) is 19.4. The van der Waals surface area contributed by atoms with E-state index in [1.807, 2.05) is 0 Å². The largest absolute Gasteiger partial charge is 0.391 e. The average molecular weight is 593 g/mol. The van der Waals surface area contributed by atoms with Gasteiger partial charge in [-0.05, 0) is 40.9 Å². The van der Waals surface area contributed by atoms with Crippen LogP contribution >= 0.6 is 15.9 Å².